The summed E-state index contributed by atoms with van der Waals surface area (Å²) < 4.78 is 10.1. The Kier molecular flexibility index (Phi) is 5.22. The molecule has 5 N–H and O–H groups in total. The van der Waals surface area contributed by atoms with Gasteiger partial charge in [-0.1, -0.05) is 11.8 Å². The van der Waals surface area contributed by atoms with Gasteiger partial charge in [0.2, 0.25) is 0 Å². The number of nitrogens with zero attached hydrogens (tertiary/aromatic N) is 1. The summed E-state index contributed by atoms with van der Waals surface area (Å²) in [6.45, 7) is -0.536. The van der Waals surface area contributed by atoms with E-state index in [4.69, 9.17) is 9.47 Å². The van der Waals surface area contributed by atoms with Crippen molar-refractivity contribution in [2.45, 2.75) is 30.5 Å². The van der Waals surface area contributed by atoms with Crippen molar-refractivity contribution in [3.05, 3.63) is 29.5 Å². The number of hydrogen-bond donors (Lipinski definition) is 5. The average Bonchev–Trinajstić information content (AvgIpc) is 3.13. The van der Waals surface area contributed by atoms with Crippen molar-refractivity contribution in [2.24, 2.45) is 0 Å². The highest BCUT2D eigenvalue weighted by molar-refractivity contribution is 5.96. The lowest BCUT2D eigenvalue weighted by Gasteiger charge is -2.37. The smallest absolute Gasteiger partial charge is 0.337 e. The van der Waals surface area contributed by atoms with Gasteiger partial charge in [0.25, 0.3) is 0 Å². The van der Waals surface area contributed by atoms with Crippen molar-refractivity contribution in [1.29, 1.82) is 0 Å². The van der Waals surface area contributed by atoms with Crippen molar-refractivity contribution in [3.8, 4) is 11.8 Å². The summed E-state index contributed by atoms with van der Waals surface area (Å²) in [5, 5.41) is 46.2. The number of benzene rings is 1. The van der Waals surface area contributed by atoms with E-state index in [1.807, 2.05) is 0 Å². The monoisotopic (exact) mass is 362 g/mol. The van der Waals surface area contributed by atoms with Gasteiger partial charge in [-0.25, -0.2) is 4.79 Å². The fourth-order valence-electron chi connectivity index (χ4n) is 2.76. The van der Waals surface area contributed by atoms with Crippen LogP contribution in [0.5, 0.6) is 0 Å². The number of aliphatic hydroxyl groups excluding tert-OH is 4. The summed E-state index contributed by atoms with van der Waals surface area (Å²) in [4.78, 5) is 11.8. The normalized spacial score (nSPS) is 28.4. The van der Waals surface area contributed by atoms with E-state index in [1.54, 1.807) is 6.07 Å². The molecule has 1 fully saturated rings. The van der Waals surface area contributed by atoms with E-state index in [9.17, 15) is 25.2 Å². The van der Waals surface area contributed by atoms with Gasteiger partial charge in [0, 0.05) is 5.39 Å². The molecule has 0 bridgehead atoms. The molecule has 0 spiro atoms. The summed E-state index contributed by atoms with van der Waals surface area (Å²) in [5.74, 6) is 4.91. The van der Waals surface area contributed by atoms with E-state index in [-0.39, 0.29) is 5.56 Å². The molecule has 3 rings (SSSR count). The van der Waals surface area contributed by atoms with Crippen LogP contribution in [-0.2, 0) is 9.47 Å². The Morgan fingerprint density at radius 3 is 2.77 bits per heavy atom. The number of methoxy groups -OCH3 is 1. The molecule has 9 nitrogen and oxygen atoms in total. The number of fused-ring (bicyclic) bond motifs is 1. The third-order valence-electron chi connectivity index (χ3n) is 4.21. The Bertz CT molecular complexity index is 867. The first-order valence-electron chi connectivity index (χ1n) is 7.83. The van der Waals surface area contributed by atoms with Crippen LogP contribution in [0.3, 0.4) is 0 Å². The van der Waals surface area contributed by atoms with Crippen molar-refractivity contribution in [1.82, 2.24) is 10.2 Å². The van der Waals surface area contributed by atoms with Crippen molar-refractivity contribution in [3.63, 3.8) is 0 Å². The predicted octanol–water partition coefficient (Wildman–Crippen LogP) is -1.46. The van der Waals surface area contributed by atoms with E-state index >= 15 is 0 Å². The molecule has 1 saturated heterocycles. The van der Waals surface area contributed by atoms with Crippen LogP contribution < -0.4 is 0 Å². The van der Waals surface area contributed by atoms with E-state index in [0.717, 1.165) is 0 Å². The maximum Gasteiger partial charge on any atom is 0.337 e. The first-order chi connectivity index (χ1) is 12.5. The Balaban J connectivity index is 1.96. The lowest BCUT2D eigenvalue weighted by Crippen LogP contribution is -2.58. The van der Waals surface area contributed by atoms with Crippen LogP contribution in [0.15, 0.2) is 18.3 Å². The Morgan fingerprint density at radius 2 is 2.08 bits per heavy atom. The van der Waals surface area contributed by atoms with Gasteiger partial charge in [-0.05, 0) is 12.1 Å². The van der Waals surface area contributed by atoms with Gasteiger partial charge in [0.1, 0.15) is 30.5 Å². The summed E-state index contributed by atoms with van der Waals surface area (Å²) >= 11 is 0. The largest absolute Gasteiger partial charge is 0.465 e. The van der Waals surface area contributed by atoms with Gasteiger partial charge in [0.15, 0.2) is 0 Å². The minimum atomic E-state index is -1.51. The molecule has 138 valence electrons. The maximum atomic E-state index is 11.8. The zero-order chi connectivity index (χ0) is 18.8. The Hall–Kier alpha value is -2.48. The van der Waals surface area contributed by atoms with Crippen LogP contribution in [0.1, 0.15) is 15.9 Å². The quantitative estimate of drug-likeness (QED) is 0.322. The zero-order valence-corrected chi connectivity index (χ0v) is 13.8. The first kappa shape index (κ1) is 18.3. The minimum absolute atomic E-state index is 0.277. The van der Waals surface area contributed by atoms with Crippen molar-refractivity contribution >= 4 is 16.9 Å². The van der Waals surface area contributed by atoms with Gasteiger partial charge < -0.3 is 29.9 Å². The fraction of sp³-hybridized carbons (Fsp3) is 0.412. The molecular formula is C17H18N2O7. The molecule has 0 saturated carbocycles. The van der Waals surface area contributed by atoms with Gasteiger partial charge in [-0.2, -0.15) is 5.10 Å². The van der Waals surface area contributed by atoms with E-state index in [2.05, 4.69) is 22.0 Å². The maximum absolute atomic E-state index is 11.8. The van der Waals surface area contributed by atoms with Gasteiger partial charge in [-0.3, -0.25) is 5.10 Å². The average molecular weight is 362 g/mol. The number of H-pyrrole nitrogens is 1. The zero-order valence-electron chi connectivity index (χ0n) is 13.8. The van der Waals surface area contributed by atoms with Crippen LogP contribution >= 0.6 is 0 Å². The second-order valence-electron chi connectivity index (χ2n) is 5.87. The van der Waals surface area contributed by atoms with Crippen LogP contribution in [-0.4, -0.2) is 80.8 Å². The molecule has 1 aliphatic heterocycles. The van der Waals surface area contributed by atoms with Crippen LogP contribution in [0.4, 0.5) is 0 Å². The molecule has 1 aromatic carbocycles. The van der Waals surface area contributed by atoms with Gasteiger partial charge in [0.05, 0.1) is 36.6 Å². The van der Waals surface area contributed by atoms with Crippen LogP contribution in [0.25, 0.3) is 10.9 Å². The Morgan fingerprint density at radius 1 is 1.31 bits per heavy atom. The molecule has 0 radical (unpaired) electrons. The minimum Gasteiger partial charge on any atom is -0.465 e. The highest BCUT2D eigenvalue weighted by Crippen LogP contribution is 2.22. The summed E-state index contributed by atoms with van der Waals surface area (Å²) in [6.07, 6.45) is -5.06. The standard InChI is InChI=1S/C17H18N2O7/c1-25-17(24)9-4-8(13-10(5-9)6-18-19-13)2-3-11-14(21)16(23)15(22)12(7-20)26-11/h4-6,11-12,14-16,20-23H,7H2,1H3,(H,18,19)/t11?,12?,14?,15-,16?/m1/s1. The number of aliphatic hydroxyl groups is 4. The van der Waals surface area contributed by atoms with Crippen LogP contribution in [0.2, 0.25) is 0 Å². The van der Waals surface area contributed by atoms with Crippen molar-refractivity contribution in [2.75, 3.05) is 13.7 Å². The second kappa shape index (κ2) is 7.41. The number of esters is 1. The highest BCUT2D eigenvalue weighted by atomic mass is 16.5. The Labute approximate surface area is 148 Å². The molecule has 2 aromatic rings. The molecule has 2 heterocycles. The third-order valence-corrected chi connectivity index (χ3v) is 4.21. The highest BCUT2D eigenvalue weighted by Gasteiger charge is 2.42. The first-order valence-corrected chi connectivity index (χ1v) is 7.83. The number of ether oxygens (including phenoxy) is 2. The molecule has 1 aromatic heterocycles. The second-order valence-corrected chi connectivity index (χ2v) is 5.87. The topological polar surface area (TPSA) is 145 Å². The van der Waals surface area contributed by atoms with Gasteiger partial charge in [-0.15, -0.1) is 0 Å². The molecule has 0 aliphatic carbocycles. The number of rotatable bonds is 2. The number of carbonyl (C=O) groups excluding carboxylic acids is 1. The summed E-state index contributed by atoms with van der Waals surface area (Å²) in [7, 11) is 1.27. The van der Waals surface area contributed by atoms with Crippen LogP contribution in [0, 0.1) is 11.8 Å². The van der Waals surface area contributed by atoms with E-state index in [1.165, 1.54) is 19.4 Å². The van der Waals surface area contributed by atoms with E-state index < -0.39 is 43.1 Å². The predicted molar refractivity (Wildman–Crippen MR) is 88.1 cm³/mol. The molecule has 4 unspecified atom stereocenters. The van der Waals surface area contributed by atoms with Crippen molar-refractivity contribution < 1.29 is 34.7 Å². The lowest BCUT2D eigenvalue weighted by atomic mass is 9.95. The molecule has 26 heavy (non-hydrogen) atoms. The molecule has 9 heteroatoms. The SMILES string of the molecule is COC(=O)c1cc(C#CC2OC(CO)[C@@H](O)C(O)C2O)c2[nH]ncc2c1. The van der Waals surface area contributed by atoms with Gasteiger partial charge >= 0.3 is 5.97 Å². The fourth-order valence-corrected chi connectivity index (χ4v) is 2.76. The third kappa shape index (κ3) is 3.29. The molecule has 1 aliphatic rings. The summed E-state index contributed by atoms with van der Waals surface area (Å²) in [5.41, 5.74) is 1.27. The number of aromatic amines is 1. The lowest BCUT2D eigenvalue weighted by molar-refractivity contribution is -0.214. The number of nitrogens with one attached hydrogen (secondary N) is 1. The number of carbonyl (C=O) groups is 1. The summed E-state index contributed by atoms with van der Waals surface area (Å²) in [6, 6.07) is 3.10. The number of aromatic nitrogens is 2. The molecular weight excluding hydrogens is 344 g/mol. The number of hydrogen-bond acceptors (Lipinski definition) is 8. The molecule has 5 atom stereocenters. The molecule has 0 amide bonds. The van der Waals surface area contributed by atoms with E-state index in [0.29, 0.717) is 16.5 Å².